The summed E-state index contributed by atoms with van der Waals surface area (Å²) in [6, 6.07) is 5.15. The highest BCUT2D eigenvalue weighted by Crippen LogP contribution is 2.35. The lowest BCUT2D eigenvalue weighted by Crippen LogP contribution is -2.44. The Morgan fingerprint density at radius 1 is 0.974 bits per heavy atom. The maximum Gasteiger partial charge on any atom is 0.511 e. The fourth-order valence-corrected chi connectivity index (χ4v) is 5.37. The zero-order valence-electron chi connectivity index (χ0n) is 20.6. The molecular weight excluding hydrogens is 536 g/mol. The average molecular weight is 566 g/mol. The van der Waals surface area contributed by atoms with E-state index >= 15 is 4.39 Å². The van der Waals surface area contributed by atoms with Gasteiger partial charge >= 0.3 is 15.5 Å². The maximum atomic E-state index is 15.4. The second-order valence-electron chi connectivity index (χ2n) is 9.97. The van der Waals surface area contributed by atoms with Crippen LogP contribution in [0, 0.1) is 11.7 Å². The van der Waals surface area contributed by atoms with Crippen LogP contribution in [-0.2, 0) is 22.5 Å². The summed E-state index contributed by atoms with van der Waals surface area (Å²) in [5, 5.41) is 2.96. The average Bonchev–Trinajstić information content (AvgIpc) is 3.67. The number of benzene rings is 1. The van der Waals surface area contributed by atoms with Crippen LogP contribution < -0.4 is 14.9 Å². The second kappa shape index (κ2) is 10.9. The van der Waals surface area contributed by atoms with Crippen molar-refractivity contribution in [2.24, 2.45) is 5.92 Å². The first-order valence-electron chi connectivity index (χ1n) is 12.3. The summed E-state index contributed by atoms with van der Waals surface area (Å²) in [6.07, 6.45) is 4.31. The zero-order valence-corrected chi connectivity index (χ0v) is 21.4. The molecule has 1 aromatic carbocycles. The van der Waals surface area contributed by atoms with Crippen molar-refractivity contribution in [3.8, 4) is 0 Å². The van der Waals surface area contributed by atoms with Gasteiger partial charge < -0.3 is 10.2 Å². The Bertz CT molecular complexity index is 1210. The molecule has 1 heterocycles. The van der Waals surface area contributed by atoms with E-state index in [4.69, 9.17) is 0 Å². The van der Waals surface area contributed by atoms with Crippen molar-refractivity contribution in [2.75, 3.05) is 16.8 Å². The summed E-state index contributed by atoms with van der Waals surface area (Å²) in [7, 11) is -5.39. The summed E-state index contributed by atoms with van der Waals surface area (Å²) >= 11 is 0. The Kier molecular flexibility index (Phi) is 8.12. The fourth-order valence-electron chi connectivity index (χ4n) is 4.56. The third-order valence-corrected chi connectivity index (χ3v) is 8.13. The molecule has 0 bridgehead atoms. The number of nitrogens with zero attached hydrogens (tertiary/aromatic N) is 3. The molecule has 2 aromatic rings. The Morgan fingerprint density at radius 2 is 1.61 bits per heavy atom. The molecule has 2 aliphatic rings. The van der Waals surface area contributed by atoms with E-state index in [1.165, 1.54) is 18.5 Å². The summed E-state index contributed by atoms with van der Waals surface area (Å²) in [6.45, 7) is 1.41. The van der Waals surface area contributed by atoms with Gasteiger partial charge in [-0.05, 0) is 50.0 Å². The summed E-state index contributed by atoms with van der Waals surface area (Å²) in [5.41, 5.74) is -4.73. The summed E-state index contributed by atoms with van der Waals surface area (Å²) in [5.74, 6) is -3.52. The molecule has 14 heteroatoms. The van der Waals surface area contributed by atoms with E-state index in [1.54, 1.807) is 21.8 Å². The van der Waals surface area contributed by atoms with Crippen LogP contribution in [0.1, 0.15) is 56.6 Å². The van der Waals surface area contributed by atoms with E-state index < -0.39 is 33.3 Å². The number of sulfonamides is 1. The predicted octanol–water partition coefficient (Wildman–Crippen LogP) is 5.31. The molecule has 0 aliphatic heterocycles. The molecule has 38 heavy (non-hydrogen) atoms. The molecule has 1 aromatic heterocycles. The van der Waals surface area contributed by atoms with Gasteiger partial charge in [-0.15, -0.1) is 0 Å². The van der Waals surface area contributed by atoms with Gasteiger partial charge in [-0.2, -0.15) is 17.6 Å². The highest BCUT2D eigenvalue weighted by atomic mass is 32.2. The van der Waals surface area contributed by atoms with Crippen molar-refractivity contribution in [1.29, 1.82) is 0 Å². The minimum Gasteiger partial charge on any atom is -0.367 e. The van der Waals surface area contributed by atoms with Crippen LogP contribution in [-0.4, -0.2) is 42.5 Å². The molecule has 0 amide bonds. The van der Waals surface area contributed by atoms with E-state index in [0.717, 1.165) is 25.3 Å². The molecule has 4 rings (SSSR count). The molecule has 2 saturated carbocycles. The van der Waals surface area contributed by atoms with E-state index in [-0.39, 0.29) is 48.5 Å². The minimum atomic E-state index is -5.39. The van der Waals surface area contributed by atoms with Gasteiger partial charge in [0.05, 0.1) is 0 Å². The number of hydrogen-bond acceptors (Lipinski definition) is 6. The molecule has 2 aliphatic carbocycles. The van der Waals surface area contributed by atoms with Crippen molar-refractivity contribution in [1.82, 2.24) is 14.7 Å². The standard InChI is InChI=1S/C24H29F6N5O2S/c1-23(26,27)17-6-2-16(3-7-17)13-35(19-10-11-19)22-20(25)21(32-14-33-22)31-12-15-4-8-18(9-5-15)34-38(36,37)24(28,29)30/h2-3,6-7,14-15,18-19,34H,4-5,8-13H2,1H3,(H,31,32,33). The van der Waals surface area contributed by atoms with E-state index in [9.17, 15) is 30.4 Å². The molecule has 7 nitrogen and oxygen atoms in total. The molecule has 2 fully saturated rings. The highest BCUT2D eigenvalue weighted by Gasteiger charge is 2.47. The molecule has 2 N–H and O–H groups in total. The quantitative estimate of drug-likeness (QED) is 0.380. The number of halogens is 6. The van der Waals surface area contributed by atoms with Crippen molar-refractivity contribution in [3.63, 3.8) is 0 Å². The largest absolute Gasteiger partial charge is 0.511 e. The van der Waals surface area contributed by atoms with Crippen LogP contribution in [0.4, 0.5) is 38.0 Å². The van der Waals surface area contributed by atoms with Crippen molar-refractivity contribution in [3.05, 3.63) is 47.5 Å². The normalized spacial score (nSPS) is 20.8. The number of aromatic nitrogens is 2. The Labute approximate surface area is 217 Å². The lowest BCUT2D eigenvalue weighted by atomic mass is 9.86. The van der Waals surface area contributed by atoms with Crippen LogP contribution in [0.15, 0.2) is 30.6 Å². The van der Waals surface area contributed by atoms with Gasteiger partial charge in [-0.25, -0.2) is 31.9 Å². The molecule has 0 saturated heterocycles. The van der Waals surface area contributed by atoms with Crippen LogP contribution >= 0.6 is 0 Å². The highest BCUT2D eigenvalue weighted by molar-refractivity contribution is 7.90. The van der Waals surface area contributed by atoms with Gasteiger partial charge in [0.1, 0.15) is 6.33 Å². The van der Waals surface area contributed by atoms with E-state index in [1.807, 2.05) is 0 Å². The number of rotatable bonds is 10. The van der Waals surface area contributed by atoms with Crippen molar-refractivity contribution in [2.45, 2.75) is 75.5 Å². The Morgan fingerprint density at radius 3 is 2.16 bits per heavy atom. The third kappa shape index (κ3) is 6.87. The van der Waals surface area contributed by atoms with E-state index in [2.05, 4.69) is 15.3 Å². The minimum absolute atomic E-state index is 0.00537. The zero-order chi connectivity index (χ0) is 27.7. The van der Waals surface area contributed by atoms with Gasteiger partial charge in [0, 0.05) is 37.7 Å². The third-order valence-electron chi connectivity index (χ3n) is 6.88. The van der Waals surface area contributed by atoms with Crippen molar-refractivity contribution >= 4 is 21.7 Å². The number of nitrogens with one attached hydrogen (secondary N) is 2. The van der Waals surface area contributed by atoms with Crippen molar-refractivity contribution < 1.29 is 34.8 Å². The van der Waals surface area contributed by atoms with Crippen LogP contribution in [0.5, 0.6) is 0 Å². The van der Waals surface area contributed by atoms with Gasteiger partial charge in [0.2, 0.25) is 5.82 Å². The first-order valence-corrected chi connectivity index (χ1v) is 13.8. The number of hydrogen-bond donors (Lipinski definition) is 2. The second-order valence-corrected chi connectivity index (χ2v) is 11.7. The molecule has 0 spiro atoms. The smallest absolute Gasteiger partial charge is 0.367 e. The lowest BCUT2D eigenvalue weighted by Gasteiger charge is -2.29. The van der Waals surface area contributed by atoms with Crippen LogP contribution in [0.3, 0.4) is 0 Å². The van der Waals surface area contributed by atoms with Crippen LogP contribution in [0.25, 0.3) is 0 Å². The SMILES string of the molecule is CC(F)(F)c1ccc(CN(c2ncnc(NCC3CCC(NS(=O)(=O)C(F)(F)F)CC3)c2F)C2CC2)cc1. The van der Waals surface area contributed by atoms with E-state index in [0.29, 0.717) is 19.4 Å². The maximum absolute atomic E-state index is 15.4. The fraction of sp³-hybridized carbons (Fsp3) is 0.583. The summed E-state index contributed by atoms with van der Waals surface area (Å²) in [4.78, 5) is 9.92. The first-order chi connectivity index (χ1) is 17.7. The molecular formula is C24H29F6N5O2S. The Balaban J connectivity index is 1.36. The summed E-state index contributed by atoms with van der Waals surface area (Å²) < 4.78 is 105. The van der Waals surface area contributed by atoms with Gasteiger partial charge in [0.15, 0.2) is 11.6 Å². The van der Waals surface area contributed by atoms with Gasteiger partial charge in [-0.3, -0.25) is 0 Å². The Hall–Kier alpha value is -2.61. The number of anilines is 2. The topological polar surface area (TPSA) is 87.2 Å². The molecule has 0 unspecified atom stereocenters. The van der Waals surface area contributed by atoms with Gasteiger partial charge in [0.25, 0.3) is 5.92 Å². The lowest BCUT2D eigenvalue weighted by molar-refractivity contribution is -0.0452. The first kappa shape index (κ1) is 28.4. The molecule has 0 atom stereocenters. The predicted molar refractivity (Wildman–Crippen MR) is 130 cm³/mol. The van der Waals surface area contributed by atoms with Gasteiger partial charge in [-0.1, -0.05) is 24.3 Å². The monoisotopic (exact) mass is 565 g/mol. The van der Waals surface area contributed by atoms with Crippen LogP contribution in [0.2, 0.25) is 0 Å². The number of alkyl halides is 5. The molecule has 0 radical (unpaired) electrons. The molecule has 210 valence electrons.